The molecular weight excluding hydrogens is 150 g/mol. The fraction of sp³-hybridized carbons (Fsp3) is 0.800. The van der Waals surface area contributed by atoms with E-state index in [-0.39, 0.29) is 6.23 Å². The number of nitrogens with zero attached hydrogens (tertiary/aromatic N) is 1. The molecule has 0 aromatic carbocycles. The predicted octanol–water partition coefficient (Wildman–Crippen LogP) is 2.02. The third-order valence-corrected chi connectivity index (χ3v) is 1.74. The first-order valence-corrected chi connectivity index (χ1v) is 4.45. The molecule has 0 fully saturated rings. The molecular formula is C10H22NO+. The van der Waals surface area contributed by atoms with Gasteiger partial charge in [0.05, 0.1) is 27.7 Å². The maximum atomic E-state index is 5.69. The maximum absolute atomic E-state index is 5.69. The molecule has 12 heavy (non-hydrogen) atoms. The van der Waals surface area contributed by atoms with Crippen molar-refractivity contribution < 1.29 is 9.22 Å². The van der Waals surface area contributed by atoms with Gasteiger partial charge in [0.25, 0.3) is 0 Å². The van der Waals surface area contributed by atoms with Gasteiger partial charge in [0.2, 0.25) is 0 Å². The highest BCUT2D eigenvalue weighted by molar-refractivity contribution is 4.87. The Morgan fingerprint density at radius 1 is 1.42 bits per heavy atom. The van der Waals surface area contributed by atoms with Crippen molar-refractivity contribution in [1.29, 1.82) is 0 Å². The zero-order valence-corrected chi connectivity index (χ0v) is 9.05. The Hall–Kier alpha value is -0.340. The van der Waals surface area contributed by atoms with E-state index < -0.39 is 0 Å². The molecule has 2 heteroatoms. The second-order valence-corrected chi connectivity index (χ2v) is 4.25. The number of hydrogen-bond donors (Lipinski definition) is 0. The summed E-state index contributed by atoms with van der Waals surface area (Å²) in [6.45, 7) is 8.62. The van der Waals surface area contributed by atoms with Gasteiger partial charge in [-0.15, -0.1) is 0 Å². The summed E-state index contributed by atoms with van der Waals surface area (Å²) in [5.74, 6) is 0. The molecule has 1 atom stereocenters. The van der Waals surface area contributed by atoms with Crippen LogP contribution >= 0.6 is 0 Å². The van der Waals surface area contributed by atoms with E-state index in [9.17, 15) is 0 Å². The van der Waals surface area contributed by atoms with Crippen molar-refractivity contribution in [1.82, 2.24) is 0 Å². The minimum absolute atomic E-state index is 0.279. The largest absolute Gasteiger partial charge is 0.325 e. The summed E-state index contributed by atoms with van der Waals surface area (Å²) in [6, 6.07) is 0. The molecule has 0 aliphatic rings. The first-order valence-electron chi connectivity index (χ1n) is 4.45. The topological polar surface area (TPSA) is 9.23 Å². The van der Waals surface area contributed by atoms with Crippen molar-refractivity contribution in [3.63, 3.8) is 0 Å². The summed E-state index contributed by atoms with van der Waals surface area (Å²) >= 11 is 0. The van der Waals surface area contributed by atoms with Crippen LogP contribution in [0.4, 0.5) is 0 Å². The molecule has 0 saturated heterocycles. The van der Waals surface area contributed by atoms with Crippen LogP contribution in [0.5, 0.6) is 0 Å². The highest BCUT2D eigenvalue weighted by Crippen LogP contribution is 2.09. The molecule has 0 aromatic rings. The molecule has 0 heterocycles. The third kappa shape index (κ3) is 4.52. The van der Waals surface area contributed by atoms with E-state index in [1.807, 2.05) is 6.92 Å². The quantitative estimate of drug-likeness (QED) is 0.350. The van der Waals surface area contributed by atoms with Gasteiger partial charge in [-0.05, 0) is 6.92 Å². The van der Waals surface area contributed by atoms with Crippen LogP contribution in [0, 0.1) is 0 Å². The minimum atomic E-state index is 0.279. The van der Waals surface area contributed by atoms with Crippen molar-refractivity contribution in [2.75, 3.05) is 27.7 Å². The smallest absolute Gasteiger partial charge is 0.192 e. The lowest BCUT2D eigenvalue weighted by molar-refractivity contribution is -0.919. The van der Waals surface area contributed by atoms with Crippen LogP contribution in [0.25, 0.3) is 0 Å². The van der Waals surface area contributed by atoms with E-state index in [0.29, 0.717) is 6.61 Å². The van der Waals surface area contributed by atoms with Crippen molar-refractivity contribution in [2.24, 2.45) is 0 Å². The maximum Gasteiger partial charge on any atom is 0.192 e. The Morgan fingerprint density at radius 2 is 1.92 bits per heavy atom. The zero-order chi connectivity index (χ0) is 9.78. The first-order chi connectivity index (χ1) is 5.38. The van der Waals surface area contributed by atoms with Crippen LogP contribution in [0.3, 0.4) is 0 Å². The number of ether oxygens (including phenoxy) is 1. The van der Waals surface area contributed by atoms with Gasteiger partial charge in [0.15, 0.2) is 6.23 Å². The molecule has 0 amide bonds. The van der Waals surface area contributed by atoms with E-state index in [0.717, 1.165) is 16.5 Å². The molecule has 0 bridgehead atoms. The second-order valence-electron chi connectivity index (χ2n) is 4.25. The van der Waals surface area contributed by atoms with E-state index in [4.69, 9.17) is 4.74 Å². The van der Waals surface area contributed by atoms with Gasteiger partial charge in [0, 0.05) is 6.42 Å². The normalized spacial score (nSPS) is 14.4. The van der Waals surface area contributed by atoms with Gasteiger partial charge < -0.3 is 9.22 Å². The number of quaternary nitrogens is 1. The molecule has 0 spiro atoms. The average Bonchev–Trinajstić information content (AvgIpc) is 1.85. The van der Waals surface area contributed by atoms with Crippen LogP contribution in [-0.2, 0) is 4.74 Å². The highest BCUT2D eigenvalue weighted by Gasteiger charge is 2.21. The standard InChI is InChI=1S/C10H22NO/c1-7-10(11(4,5)6)12-8-9(2)3/h10H,2,7-8H2,1,3-6H3/q+1. The van der Waals surface area contributed by atoms with Gasteiger partial charge >= 0.3 is 0 Å². The van der Waals surface area contributed by atoms with Crippen molar-refractivity contribution in [2.45, 2.75) is 26.5 Å². The summed E-state index contributed by atoms with van der Waals surface area (Å²) in [7, 11) is 6.44. The summed E-state index contributed by atoms with van der Waals surface area (Å²) in [5, 5.41) is 0. The Labute approximate surface area is 76.4 Å². The third-order valence-electron chi connectivity index (χ3n) is 1.74. The van der Waals surface area contributed by atoms with Gasteiger partial charge in [-0.2, -0.15) is 0 Å². The molecule has 0 radical (unpaired) electrons. The SMILES string of the molecule is C=C(C)COC(CC)[N+](C)(C)C. The molecule has 2 nitrogen and oxygen atoms in total. The molecule has 0 aliphatic heterocycles. The Kier molecular flexibility index (Phi) is 4.50. The van der Waals surface area contributed by atoms with Crippen LogP contribution in [-0.4, -0.2) is 38.5 Å². The molecule has 0 aliphatic carbocycles. The average molecular weight is 172 g/mol. The minimum Gasteiger partial charge on any atom is -0.325 e. The van der Waals surface area contributed by atoms with Crippen LogP contribution < -0.4 is 0 Å². The van der Waals surface area contributed by atoms with Crippen LogP contribution in [0.2, 0.25) is 0 Å². The van der Waals surface area contributed by atoms with Gasteiger partial charge in [-0.25, -0.2) is 0 Å². The molecule has 0 aromatic heterocycles. The fourth-order valence-electron chi connectivity index (χ4n) is 1.13. The lowest BCUT2D eigenvalue weighted by Gasteiger charge is -2.33. The number of rotatable bonds is 5. The van der Waals surface area contributed by atoms with E-state index in [1.165, 1.54) is 0 Å². The van der Waals surface area contributed by atoms with E-state index in [1.54, 1.807) is 0 Å². The molecule has 0 rings (SSSR count). The van der Waals surface area contributed by atoms with Gasteiger partial charge in [0.1, 0.15) is 0 Å². The first kappa shape index (κ1) is 11.7. The molecule has 1 unspecified atom stereocenters. The Balaban J connectivity index is 3.92. The molecule has 0 N–H and O–H groups in total. The lowest BCUT2D eigenvalue weighted by Crippen LogP contribution is -2.46. The zero-order valence-electron chi connectivity index (χ0n) is 9.05. The Morgan fingerprint density at radius 3 is 2.17 bits per heavy atom. The summed E-state index contributed by atoms with van der Waals surface area (Å²) in [4.78, 5) is 0. The summed E-state index contributed by atoms with van der Waals surface area (Å²) in [5.41, 5.74) is 1.09. The molecule has 0 saturated carbocycles. The van der Waals surface area contributed by atoms with Crippen LogP contribution in [0.15, 0.2) is 12.2 Å². The predicted molar refractivity (Wildman–Crippen MR) is 52.9 cm³/mol. The van der Waals surface area contributed by atoms with E-state index in [2.05, 4.69) is 34.6 Å². The van der Waals surface area contributed by atoms with Gasteiger partial charge in [-0.1, -0.05) is 19.1 Å². The highest BCUT2D eigenvalue weighted by atomic mass is 16.5. The van der Waals surface area contributed by atoms with Crippen molar-refractivity contribution >= 4 is 0 Å². The Bertz CT molecular complexity index is 146. The van der Waals surface area contributed by atoms with Crippen LogP contribution in [0.1, 0.15) is 20.3 Å². The monoisotopic (exact) mass is 172 g/mol. The number of hydrogen-bond acceptors (Lipinski definition) is 1. The summed E-state index contributed by atoms with van der Waals surface area (Å²) in [6.07, 6.45) is 1.32. The fourth-order valence-corrected chi connectivity index (χ4v) is 1.13. The molecule has 72 valence electrons. The van der Waals surface area contributed by atoms with Gasteiger partial charge in [-0.3, -0.25) is 0 Å². The van der Waals surface area contributed by atoms with E-state index >= 15 is 0 Å². The van der Waals surface area contributed by atoms with Crippen molar-refractivity contribution in [3.05, 3.63) is 12.2 Å². The van der Waals surface area contributed by atoms with Crippen molar-refractivity contribution in [3.8, 4) is 0 Å². The summed E-state index contributed by atoms with van der Waals surface area (Å²) < 4.78 is 6.54. The lowest BCUT2D eigenvalue weighted by atomic mass is 10.3. The second kappa shape index (κ2) is 4.63.